The smallest absolute Gasteiger partial charge is 0.326 e. The molecule has 3 rings (SSSR count). The van der Waals surface area contributed by atoms with Gasteiger partial charge in [-0.2, -0.15) is 13.2 Å². The molecular weight excluding hydrogens is 463 g/mol. The van der Waals surface area contributed by atoms with Crippen molar-refractivity contribution in [3.63, 3.8) is 0 Å². The van der Waals surface area contributed by atoms with Gasteiger partial charge in [0.05, 0.1) is 16.0 Å². The molecule has 0 unspecified atom stereocenters. The molecular formula is C21H18F3N3O5S. The molecule has 0 aliphatic carbocycles. The summed E-state index contributed by atoms with van der Waals surface area (Å²) in [5.74, 6) is -1.38. The highest BCUT2D eigenvalue weighted by molar-refractivity contribution is 7.90. The van der Waals surface area contributed by atoms with Crippen molar-refractivity contribution in [2.24, 2.45) is 0 Å². The minimum Gasteiger partial charge on any atom is -0.326 e. The van der Waals surface area contributed by atoms with Crippen LogP contribution >= 0.6 is 0 Å². The van der Waals surface area contributed by atoms with Crippen LogP contribution in [0.15, 0.2) is 58.2 Å². The number of rotatable bonds is 5. The molecule has 174 valence electrons. The van der Waals surface area contributed by atoms with Crippen LogP contribution in [0, 0.1) is 0 Å². The summed E-state index contributed by atoms with van der Waals surface area (Å²) in [4.78, 5) is 30.2. The van der Waals surface area contributed by atoms with E-state index in [4.69, 9.17) is 4.84 Å². The third-order valence-corrected chi connectivity index (χ3v) is 5.65. The zero-order chi connectivity index (χ0) is 24.6. The van der Waals surface area contributed by atoms with E-state index in [9.17, 15) is 31.2 Å². The molecule has 0 spiro atoms. The summed E-state index contributed by atoms with van der Waals surface area (Å²) in [6.07, 6.45) is -4.10. The van der Waals surface area contributed by atoms with Gasteiger partial charge >= 0.3 is 17.7 Å². The first-order chi connectivity index (χ1) is 15.3. The van der Waals surface area contributed by atoms with Gasteiger partial charge in [-0.25, -0.2) is 13.2 Å². The first-order valence-electron chi connectivity index (χ1n) is 9.49. The molecule has 0 aliphatic heterocycles. The van der Waals surface area contributed by atoms with Gasteiger partial charge in [-0.1, -0.05) is 38.1 Å². The summed E-state index contributed by atoms with van der Waals surface area (Å²) in [5, 5.41) is 7.63. The maximum atomic E-state index is 13.2. The Morgan fingerprint density at radius 2 is 1.70 bits per heavy atom. The maximum absolute atomic E-state index is 13.2. The fourth-order valence-corrected chi connectivity index (χ4v) is 3.81. The van der Waals surface area contributed by atoms with E-state index < -0.39 is 55.2 Å². The van der Waals surface area contributed by atoms with Crippen LogP contribution in [0.2, 0.25) is 0 Å². The number of hydrogen-bond acceptors (Lipinski definition) is 7. The molecule has 0 N–H and O–H groups in total. The van der Waals surface area contributed by atoms with Gasteiger partial charge < -0.3 is 4.84 Å². The number of hydrogen-bond donors (Lipinski definition) is 0. The van der Waals surface area contributed by atoms with Crippen molar-refractivity contribution in [2.75, 3.05) is 6.26 Å². The molecule has 12 heteroatoms. The van der Waals surface area contributed by atoms with E-state index in [0.717, 1.165) is 6.07 Å². The van der Waals surface area contributed by atoms with E-state index in [1.807, 2.05) is 0 Å². The third-order valence-electron chi connectivity index (χ3n) is 4.51. The third kappa shape index (κ3) is 5.11. The second kappa shape index (κ2) is 8.77. The highest BCUT2D eigenvalue weighted by Crippen LogP contribution is 2.34. The molecule has 0 amide bonds. The summed E-state index contributed by atoms with van der Waals surface area (Å²) in [5.41, 5.74) is -3.13. The molecule has 0 atom stereocenters. The molecule has 8 nitrogen and oxygen atoms in total. The summed E-state index contributed by atoms with van der Waals surface area (Å²) >= 11 is 0. The largest absolute Gasteiger partial charge is 0.416 e. The van der Waals surface area contributed by atoms with Crippen molar-refractivity contribution in [1.29, 1.82) is 0 Å². The maximum Gasteiger partial charge on any atom is 0.416 e. The van der Waals surface area contributed by atoms with Gasteiger partial charge in [-0.05, 0) is 24.3 Å². The number of nitrogens with zero attached hydrogens (tertiary/aromatic N) is 3. The zero-order valence-corrected chi connectivity index (χ0v) is 18.4. The lowest BCUT2D eigenvalue weighted by molar-refractivity contribution is -0.137. The zero-order valence-electron chi connectivity index (χ0n) is 17.6. The quantitative estimate of drug-likeness (QED) is 0.551. The van der Waals surface area contributed by atoms with Crippen LogP contribution in [-0.4, -0.2) is 35.6 Å². The van der Waals surface area contributed by atoms with Crippen LogP contribution < -0.4 is 10.4 Å². The molecule has 0 radical (unpaired) electrons. The van der Waals surface area contributed by atoms with E-state index in [1.54, 1.807) is 32.0 Å². The second-order valence-corrected chi connectivity index (χ2v) is 9.37. The second-order valence-electron chi connectivity index (χ2n) is 7.39. The van der Waals surface area contributed by atoms with Gasteiger partial charge in [-0.3, -0.25) is 4.79 Å². The van der Waals surface area contributed by atoms with Gasteiger partial charge in [0.2, 0.25) is 0 Å². The van der Waals surface area contributed by atoms with E-state index in [-0.39, 0.29) is 11.4 Å². The van der Waals surface area contributed by atoms with E-state index >= 15 is 0 Å². The average Bonchev–Trinajstić information content (AvgIpc) is 2.73. The molecule has 1 heterocycles. The number of benzene rings is 2. The highest BCUT2D eigenvalue weighted by atomic mass is 32.2. The molecule has 0 bridgehead atoms. The van der Waals surface area contributed by atoms with E-state index in [2.05, 4.69) is 10.2 Å². The average molecular weight is 481 g/mol. The number of aromatic nitrogens is 3. The fraction of sp³-hybridized carbons (Fsp3) is 0.238. The Morgan fingerprint density at radius 3 is 2.24 bits per heavy atom. The SMILES string of the molecule is CC(C)c1nnc(-c2ccc(C(F)(F)F)cc2S(C)(=O)=O)c(=O)n1OC(=O)c1ccccc1. The Kier molecular flexibility index (Phi) is 6.41. The Bertz CT molecular complexity index is 1370. The van der Waals surface area contributed by atoms with Crippen molar-refractivity contribution in [3.05, 3.63) is 75.8 Å². The van der Waals surface area contributed by atoms with Crippen LogP contribution in [0.5, 0.6) is 0 Å². The van der Waals surface area contributed by atoms with Crippen LogP contribution in [0.3, 0.4) is 0 Å². The highest BCUT2D eigenvalue weighted by Gasteiger charge is 2.33. The topological polar surface area (TPSA) is 108 Å². The van der Waals surface area contributed by atoms with E-state index in [0.29, 0.717) is 23.1 Å². The van der Waals surface area contributed by atoms with Crippen LogP contribution in [0.4, 0.5) is 13.2 Å². The Balaban J connectivity index is 2.22. The number of carbonyl (C=O) groups is 1. The molecule has 3 aromatic rings. The van der Waals surface area contributed by atoms with Crippen LogP contribution in [0.1, 0.15) is 41.5 Å². The minimum absolute atomic E-state index is 0.0409. The number of halogens is 3. The Morgan fingerprint density at radius 1 is 1.06 bits per heavy atom. The predicted octanol–water partition coefficient (Wildman–Crippen LogP) is 3.12. The number of sulfone groups is 1. The first kappa shape index (κ1) is 24.1. The minimum atomic E-state index is -4.81. The Hall–Kier alpha value is -3.54. The van der Waals surface area contributed by atoms with Gasteiger partial charge in [0, 0.05) is 17.7 Å². The molecule has 0 saturated carbocycles. The van der Waals surface area contributed by atoms with Gasteiger partial charge in [0.1, 0.15) is 0 Å². The van der Waals surface area contributed by atoms with Crippen molar-refractivity contribution in [3.8, 4) is 11.3 Å². The predicted molar refractivity (Wildman–Crippen MR) is 111 cm³/mol. The summed E-state index contributed by atoms with van der Waals surface area (Å²) < 4.78 is 64.4. The number of alkyl halides is 3. The van der Waals surface area contributed by atoms with Crippen molar-refractivity contribution in [2.45, 2.75) is 30.8 Å². The van der Waals surface area contributed by atoms with Gasteiger partial charge in [0.15, 0.2) is 21.4 Å². The van der Waals surface area contributed by atoms with Crippen LogP contribution in [0.25, 0.3) is 11.3 Å². The van der Waals surface area contributed by atoms with Crippen molar-refractivity contribution >= 4 is 15.8 Å². The summed E-state index contributed by atoms with van der Waals surface area (Å²) in [7, 11) is -4.21. The van der Waals surface area contributed by atoms with Crippen molar-refractivity contribution in [1.82, 2.24) is 14.9 Å². The van der Waals surface area contributed by atoms with Crippen molar-refractivity contribution < 1.29 is 31.2 Å². The molecule has 33 heavy (non-hydrogen) atoms. The molecule has 2 aromatic carbocycles. The summed E-state index contributed by atoms with van der Waals surface area (Å²) in [6, 6.07) is 9.61. The van der Waals surface area contributed by atoms with Gasteiger partial charge in [-0.15, -0.1) is 14.9 Å². The van der Waals surface area contributed by atoms with Gasteiger partial charge in [0.25, 0.3) is 0 Å². The normalized spacial score (nSPS) is 12.1. The molecule has 0 saturated heterocycles. The lowest BCUT2D eigenvalue weighted by atomic mass is 10.1. The first-order valence-corrected chi connectivity index (χ1v) is 11.4. The molecule has 0 aliphatic rings. The molecule has 1 aromatic heterocycles. The number of carbonyl (C=O) groups excluding carboxylic acids is 1. The Labute approximate surface area is 186 Å². The standard InChI is InChI=1S/C21H18F3N3O5S/c1-12(2)18-26-25-17(19(28)27(18)32-20(29)13-7-5-4-6-8-13)15-10-9-14(21(22,23)24)11-16(15)33(3,30)31/h4-12H,1-3H3. The molecule has 0 fully saturated rings. The summed E-state index contributed by atoms with van der Waals surface area (Å²) in [6.45, 7) is 3.30. The lowest BCUT2D eigenvalue weighted by Gasteiger charge is -2.15. The van der Waals surface area contributed by atoms with E-state index in [1.165, 1.54) is 12.1 Å². The lowest BCUT2D eigenvalue weighted by Crippen LogP contribution is -2.36. The monoisotopic (exact) mass is 481 g/mol. The fourth-order valence-electron chi connectivity index (χ4n) is 2.90. The van der Waals surface area contributed by atoms with Crippen LogP contribution in [-0.2, 0) is 16.0 Å².